The van der Waals surface area contributed by atoms with Crippen molar-refractivity contribution in [2.45, 2.75) is 38.3 Å². The van der Waals surface area contributed by atoms with E-state index in [1.165, 1.54) is 16.7 Å². The molecule has 4 nitrogen and oxygen atoms in total. The van der Waals surface area contributed by atoms with Crippen LogP contribution in [0.2, 0.25) is 0 Å². The van der Waals surface area contributed by atoms with Crippen LogP contribution in [0.5, 0.6) is 0 Å². The molecule has 33 heavy (non-hydrogen) atoms. The summed E-state index contributed by atoms with van der Waals surface area (Å²) in [6.45, 7) is 0. The lowest BCUT2D eigenvalue weighted by atomic mass is 9.91. The summed E-state index contributed by atoms with van der Waals surface area (Å²) in [5, 5.41) is 14.1. The quantitative estimate of drug-likeness (QED) is 0.317. The van der Waals surface area contributed by atoms with Gasteiger partial charge < -0.3 is 10.4 Å². The van der Waals surface area contributed by atoms with Crippen LogP contribution in [0, 0.1) is 0 Å². The van der Waals surface area contributed by atoms with Crippen LogP contribution >= 0.6 is 15.9 Å². The maximum atomic E-state index is 10.8. The maximum absolute atomic E-state index is 10.8. The van der Waals surface area contributed by atoms with E-state index in [0.29, 0.717) is 12.2 Å². The van der Waals surface area contributed by atoms with E-state index in [2.05, 4.69) is 69.8 Å². The number of aliphatic hydroxyl groups is 1. The number of rotatable bonds is 7. The fourth-order valence-electron chi connectivity index (χ4n) is 4.37. The van der Waals surface area contributed by atoms with Gasteiger partial charge in [-0.1, -0.05) is 82.7 Å². The number of aryl methyl sites for hydroxylation is 4. The first-order valence-electron chi connectivity index (χ1n) is 11.4. The van der Waals surface area contributed by atoms with E-state index >= 15 is 0 Å². The minimum absolute atomic E-state index is 0.493. The Morgan fingerprint density at radius 3 is 2.39 bits per heavy atom. The number of aliphatic hydroxyl groups excluding tert-OH is 1. The molecule has 2 N–H and O–H groups in total. The average molecular weight is 500 g/mol. The molecule has 0 aliphatic heterocycles. The van der Waals surface area contributed by atoms with E-state index in [9.17, 15) is 5.11 Å². The van der Waals surface area contributed by atoms with Crippen LogP contribution in [0.4, 0.5) is 5.82 Å². The summed E-state index contributed by atoms with van der Waals surface area (Å²) in [4.78, 5) is 10.1. The van der Waals surface area contributed by atoms with Crippen LogP contribution < -0.4 is 5.32 Å². The van der Waals surface area contributed by atoms with Gasteiger partial charge in [0.25, 0.3) is 0 Å². The van der Waals surface area contributed by atoms with Crippen LogP contribution in [0.3, 0.4) is 0 Å². The van der Waals surface area contributed by atoms with E-state index in [1.54, 1.807) is 0 Å². The summed E-state index contributed by atoms with van der Waals surface area (Å²) in [6.07, 6.45) is 3.18. The number of aromatic nitrogens is 2. The lowest BCUT2D eigenvalue weighted by Crippen LogP contribution is -2.24. The number of nitrogens with one attached hydrogen (secondary N) is 1. The summed E-state index contributed by atoms with van der Waals surface area (Å²) in [5.74, 6) is 0.689. The monoisotopic (exact) mass is 499 g/mol. The van der Waals surface area contributed by atoms with E-state index in [-0.39, 0.29) is 0 Å². The fraction of sp³-hybridized carbons (Fsp3) is 0.214. The Bertz CT molecular complexity index is 1240. The Morgan fingerprint density at radius 1 is 0.818 bits per heavy atom. The highest BCUT2D eigenvalue weighted by molar-refractivity contribution is 9.10. The molecule has 1 aliphatic carbocycles. The molecule has 166 valence electrons. The molecule has 0 bridgehead atoms. The van der Waals surface area contributed by atoms with Crippen LogP contribution in [0.1, 0.15) is 28.1 Å². The van der Waals surface area contributed by atoms with Crippen LogP contribution in [-0.4, -0.2) is 21.3 Å². The number of anilines is 1. The molecule has 1 aromatic heterocycles. The molecule has 3 aromatic carbocycles. The summed E-state index contributed by atoms with van der Waals surface area (Å²) in [5.41, 5.74) is 7.69. The van der Waals surface area contributed by atoms with Crippen molar-refractivity contribution in [3.63, 3.8) is 0 Å². The Hall–Kier alpha value is -3.02. The van der Waals surface area contributed by atoms with Crippen LogP contribution in [0.15, 0.2) is 83.3 Å². The summed E-state index contributed by atoms with van der Waals surface area (Å²) >= 11 is 3.46. The number of halogens is 1. The Balaban J connectivity index is 1.44. The highest BCUT2D eigenvalue weighted by atomic mass is 79.9. The molecule has 0 saturated heterocycles. The molecular formula is C28H26BrN3O. The first-order valence-corrected chi connectivity index (χ1v) is 12.2. The highest BCUT2D eigenvalue weighted by Gasteiger charge is 2.22. The molecular weight excluding hydrogens is 474 g/mol. The lowest BCUT2D eigenvalue weighted by molar-refractivity contribution is 0.203. The normalized spacial score (nSPS) is 13.2. The van der Waals surface area contributed by atoms with Gasteiger partial charge in [0.15, 0.2) is 0 Å². The third-order valence-corrected chi connectivity index (χ3v) is 6.61. The average Bonchev–Trinajstić information content (AvgIpc) is 2.84. The van der Waals surface area contributed by atoms with Crippen molar-refractivity contribution in [2.75, 3.05) is 5.32 Å². The van der Waals surface area contributed by atoms with Crippen molar-refractivity contribution < 1.29 is 5.11 Å². The third-order valence-electron chi connectivity index (χ3n) is 6.08. The van der Waals surface area contributed by atoms with Crippen molar-refractivity contribution in [1.82, 2.24) is 9.97 Å². The van der Waals surface area contributed by atoms with E-state index in [4.69, 9.17) is 9.97 Å². The lowest BCUT2D eigenvalue weighted by Gasteiger charge is -2.22. The molecule has 5 rings (SSSR count). The fourth-order valence-corrected chi connectivity index (χ4v) is 4.63. The molecule has 0 fully saturated rings. The molecule has 5 heteroatoms. The SMILES string of the molecule is OC(Cc1ccc(Br)cc1)Nc1nc2c(nc1CCc1ccccc1)-c1ccccc1CC2. The van der Waals surface area contributed by atoms with Crippen molar-refractivity contribution in [2.24, 2.45) is 0 Å². The standard InChI is InChI=1S/C28H26BrN3O/c29-22-14-10-20(11-15-22)18-26(33)32-28-25(16-12-19-6-2-1-3-7-19)30-27-23-9-5-4-8-21(23)13-17-24(27)31-28/h1-11,14-15,26,33H,12-13,16-18H2,(H,31,32). The molecule has 1 heterocycles. The van der Waals surface area contributed by atoms with Crippen molar-refractivity contribution in [3.05, 3.63) is 111 Å². The van der Waals surface area contributed by atoms with Gasteiger partial charge in [0.1, 0.15) is 12.0 Å². The van der Waals surface area contributed by atoms with E-state index in [1.807, 2.05) is 30.3 Å². The smallest absolute Gasteiger partial charge is 0.150 e. The minimum Gasteiger partial charge on any atom is -0.373 e. The predicted molar refractivity (Wildman–Crippen MR) is 136 cm³/mol. The molecule has 4 aromatic rings. The second kappa shape index (κ2) is 9.86. The zero-order chi connectivity index (χ0) is 22.6. The second-order valence-corrected chi connectivity index (χ2v) is 9.36. The predicted octanol–water partition coefficient (Wildman–Crippen LogP) is 5.76. The Labute approximate surface area is 202 Å². The number of benzene rings is 3. The van der Waals surface area contributed by atoms with Crippen molar-refractivity contribution >= 4 is 21.7 Å². The molecule has 0 spiro atoms. The molecule has 1 unspecified atom stereocenters. The Morgan fingerprint density at radius 2 is 1.58 bits per heavy atom. The molecule has 0 radical (unpaired) electrons. The third kappa shape index (κ3) is 5.15. The number of hydrogen-bond acceptors (Lipinski definition) is 4. The van der Waals surface area contributed by atoms with Crippen molar-refractivity contribution in [3.8, 4) is 11.3 Å². The summed E-state index contributed by atoms with van der Waals surface area (Å²) in [7, 11) is 0. The van der Waals surface area contributed by atoms with Gasteiger partial charge in [-0.05, 0) is 54.5 Å². The van der Waals surface area contributed by atoms with Crippen LogP contribution in [0.25, 0.3) is 11.3 Å². The van der Waals surface area contributed by atoms with Crippen molar-refractivity contribution in [1.29, 1.82) is 0 Å². The number of fused-ring (bicyclic) bond motifs is 3. The first-order chi connectivity index (χ1) is 16.2. The van der Waals surface area contributed by atoms with Gasteiger partial charge in [-0.2, -0.15) is 0 Å². The van der Waals surface area contributed by atoms with Gasteiger partial charge >= 0.3 is 0 Å². The largest absolute Gasteiger partial charge is 0.373 e. The van der Waals surface area contributed by atoms with E-state index in [0.717, 1.165) is 52.8 Å². The van der Waals surface area contributed by atoms with Gasteiger partial charge in [0.2, 0.25) is 0 Å². The Kier molecular flexibility index (Phi) is 6.51. The highest BCUT2D eigenvalue weighted by Crippen LogP contribution is 2.33. The van der Waals surface area contributed by atoms with Gasteiger partial charge in [-0.15, -0.1) is 0 Å². The number of nitrogens with zero attached hydrogens (tertiary/aromatic N) is 2. The van der Waals surface area contributed by atoms with Gasteiger partial charge in [-0.25, -0.2) is 9.97 Å². The summed E-state index contributed by atoms with van der Waals surface area (Å²) < 4.78 is 1.03. The minimum atomic E-state index is -0.745. The number of hydrogen-bond donors (Lipinski definition) is 2. The molecule has 1 atom stereocenters. The summed E-state index contributed by atoms with van der Waals surface area (Å²) in [6, 6.07) is 26.9. The van der Waals surface area contributed by atoms with Gasteiger partial charge in [0.05, 0.1) is 17.1 Å². The second-order valence-electron chi connectivity index (χ2n) is 8.45. The topological polar surface area (TPSA) is 58.0 Å². The molecule has 0 saturated carbocycles. The zero-order valence-corrected chi connectivity index (χ0v) is 19.9. The molecule has 1 aliphatic rings. The first kappa shape index (κ1) is 21.8. The van der Waals surface area contributed by atoms with Crippen LogP contribution in [-0.2, 0) is 32.1 Å². The zero-order valence-electron chi connectivity index (χ0n) is 18.3. The van der Waals surface area contributed by atoms with E-state index < -0.39 is 6.23 Å². The van der Waals surface area contributed by atoms with Gasteiger partial charge in [-0.3, -0.25) is 0 Å². The molecule has 0 amide bonds. The maximum Gasteiger partial charge on any atom is 0.150 e. The van der Waals surface area contributed by atoms with Gasteiger partial charge in [0, 0.05) is 16.5 Å².